The maximum atomic E-state index is 10.8. The summed E-state index contributed by atoms with van der Waals surface area (Å²) in [5, 5.41) is 20.7. The molecule has 0 bridgehead atoms. The van der Waals surface area contributed by atoms with E-state index < -0.39 is 5.97 Å². The van der Waals surface area contributed by atoms with E-state index in [4.69, 9.17) is 14.6 Å². The molecular weight excluding hydrogens is 210 g/mol. The summed E-state index contributed by atoms with van der Waals surface area (Å²) in [5.74, 6) is 0.0368. The SMILES string of the molecule is Cc1oc(CNC(C)CCO)cc1C(=O)O. The van der Waals surface area contributed by atoms with Gasteiger partial charge in [-0.1, -0.05) is 0 Å². The second-order valence-corrected chi connectivity index (χ2v) is 3.78. The van der Waals surface area contributed by atoms with Crippen LogP contribution >= 0.6 is 0 Å². The van der Waals surface area contributed by atoms with Crippen LogP contribution in [0.5, 0.6) is 0 Å². The van der Waals surface area contributed by atoms with E-state index >= 15 is 0 Å². The molecule has 0 saturated carbocycles. The zero-order valence-corrected chi connectivity index (χ0v) is 9.49. The molecule has 1 unspecified atom stereocenters. The Morgan fingerprint density at radius 3 is 2.81 bits per heavy atom. The molecule has 0 spiro atoms. The molecule has 0 aliphatic rings. The molecule has 0 aromatic carbocycles. The van der Waals surface area contributed by atoms with Gasteiger partial charge in [-0.3, -0.25) is 0 Å². The van der Waals surface area contributed by atoms with Crippen LogP contribution in [-0.2, 0) is 6.54 Å². The Kier molecular flexibility index (Phi) is 4.52. The Morgan fingerprint density at radius 1 is 1.62 bits per heavy atom. The number of aromatic carboxylic acids is 1. The lowest BCUT2D eigenvalue weighted by molar-refractivity contribution is 0.0695. The van der Waals surface area contributed by atoms with Gasteiger partial charge in [0.25, 0.3) is 0 Å². The van der Waals surface area contributed by atoms with Crippen LogP contribution < -0.4 is 5.32 Å². The third-order valence-corrected chi connectivity index (χ3v) is 2.39. The number of aliphatic hydroxyl groups is 1. The number of carbonyl (C=O) groups is 1. The highest BCUT2D eigenvalue weighted by Gasteiger charge is 2.13. The van der Waals surface area contributed by atoms with Crippen LogP contribution in [0.1, 0.15) is 35.2 Å². The minimum Gasteiger partial charge on any atom is -0.478 e. The van der Waals surface area contributed by atoms with Crippen molar-refractivity contribution in [1.29, 1.82) is 0 Å². The molecule has 0 aliphatic heterocycles. The number of aliphatic hydroxyl groups excluding tert-OH is 1. The highest BCUT2D eigenvalue weighted by molar-refractivity contribution is 5.88. The summed E-state index contributed by atoms with van der Waals surface area (Å²) >= 11 is 0. The predicted octanol–water partition coefficient (Wildman–Crippen LogP) is 1.15. The first-order chi connectivity index (χ1) is 7.54. The van der Waals surface area contributed by atoms with E-state index in [1.165, 1.54) is 6.07 Å². The summed E-state index contributed by atoms with van der Waals surface area (Å²) in [7, 11) is 0. The molecule has 3 N–H and O–H groups in total. The number of hydrogen-bond donors (Lipinski definition) is 3. The van der Waals surface area contributed by atoms with E-state index in [1.54, 1.807) is 6.92 Å². The van der Waals surface area contributed by atoms with Gasteiger partial charge in [-0.2, -0.15) is 0 Å². The lowest BCUT2D eigenvalue weighted by atomic mass is 10.2. The fourth-order valence-corrected chi connectivity index (χ4v) is 1.41. The van der Waals surface area contributed by atoms with Crippen molar-refractivity contribution in [3.05, 3.63) is 23.2 Å². The largest absolute Gasteiger partial charge is 0.478 e. The van der Waals surface area contributed by atoms with Gasteiger partial charge < -0.3 is 19.9 Å². The van der Waals surface area contributed by atoms with E-state index in [2.05, 4.69) is 5.32 Å². The van der Waals surface area contributed by atoms with Gasteiger partial charge in [0, 0.05) is 12.6 Å². The number of carboxylic acid groups (broad SMARTS) is 1. The number of rotatable bonds is 6. The number of carboxylic acids is 1. The van der Waals surface area contributed by atoms with Crippen molar-refractivity contribution in [2.75, 3.05) is 6.61 Å². The second kappa shape index (κ2) is 5.67. The first-order valence-electron chi connectivity index (χ1n) is 5.21. The van der Waals surface area contributed by atoms with E-state index in [9.17, 15) is 4.79 Å². The molecule has 90 valence electrons. The molecule has 1 rings (SSSR count). The lowest BCUT2D eigenvalue weighted by Gasteiger charge is -2.10. The molecule has 0 fully saturated rings. The van der Waals surface area contributed by atoms with E-state index in [1.807, 2.05) is 6.92 Å². The molecule has 1 aromatic rings. The van der Waals surface area contributed by atoms with Crippen LogP contribution in [0.25, 0.3) is 0 Å². The Morgan fingerprint density at radius 2 is 2.31 bits per heavy atom. The normalized spacial score (nSPS) is 12.7. The van der Waals surface area contributed by atoms with Crippen molar-refractivity contribution >= 4 is 5.97 Å². The van der Waals surface area contributed by atoms with E-state index in [0.717, 1.165) is 0 Å². The second-order valence-electron chi connectivity index (χ2n) is 3.78. The van der Waals surface area contributed by atoms with Gasteiger partial charge in [-0.05, 0) is 26.3 Å². The van der Waals surface area contributed by atoms with Crippen LogP contribution in [0.2, 0.25) is 0 Å². The molecule has 1 heterocycles. The van der Waals surface area contributed by atoms with Gasteiger partial charge >= 0.3 is 5.97 Å². The van der Waals surface area contributed by atoms with Crippen LogP contribution in [-0.4, -0.2) is 28.8 Å². The molecule has 0 radical (unpaired) electrons. The number of furan rings is 1. The highest BCUT2D eigenvalue weighted by atomic mass is 16.4. The molecule has 5 nitrogen and oxygen atoms in total. The third kappa shape index (κ3) is 3.36. The van der Waals surface area contributed by atoms with Crippen molar-refractivity contribution in [3.63, 3.8) is 0 Å². The van der Waals surface area contributed by atoms with E-state index in [0.29, 0.717) is 24.5 Å². The zero-order chi connectivity index (χ0) is 12.1. The zero-order valence-electron chi connectivity index (χ0n) is 9.49. The third-order valence-electron chi connectivity index (χ3n) is 2.39. The Hall–Kier alpha value is -1.33. The van der Waals surface area contributed by atoms with Crippen LogP contribution in [0, 0.1) is 6.92 Å². The highest BCUT2D eigenvalue weighted by Crippen LogP contribution is 2.14. The summed E-state index contributed by atoms with van der Waals surface area (Å²) in [6, 6.07) is 1.69. The van der Waals surface area contributed by atoms with Crippen LogP contribution in [0.15, 0.2) is 10.5 Å². The standard InChI is InChI=1S/C11H17NO4/c1-7(3-4-13)12-6-9-5-10(11(14)15)8(2)16-9/h5,7,12-13H,3-4,6H2,1-2H3,(H,14,15). The summed E-state index contributed by atoms with van der Waals surface area (Å²) in [6.45, 7) is 4.18. The summed E-state index contributed by atoms with van der Waals surface area (Å²) in [4.78, 5) is 10.8. The molecule has 5 heteroatoms. The van der Waals surface area contributed by atoms with Gasteiger partial charge in [0.1, 0.15) is 17.1 Å². The topological polar surface area (TPSA) is 82.7 Å². The van der Waals surface area contributed by atoms with Crippen molar-refractivity contribution < 1.29 is 19.4 Å². The Bertz CT molecular complexity index is 359. The molecule has 0 amide bonds. The minimum absolute atomic E-state index is 0.131. The molecule has 0 saturated heterocycles. The van der Waals surface area contributed by atoms with E-state index in [-0.39, 0.29) is 18.2 Å². The average molecular weight is 227 g/mol. The van der Waals surface area contributed by atoms with Gasteiger partial charge in [0.05, 0.1) is 6.54 Å². The first kappa shape index (κ1) is 12.7. The molecule has 1 atom stereocenters. The van der Waals surface area contributed by atoms with Crippen LogP contribution in [0.3, 0.4) is 0 Å². The van der Waals surface area contributed by atoms with Crippen molar-refractivity contribution in [3.8, 4) is 0 Å². The quantitative estimate of drug-likeness (QED) is 0.679. The number of aryl methyl sites for hydroxylation is 1. The first-order valence-corrected chi connectivity index (χ1v) is 5.21. The summed E-state index contributed by atoms with van der Waals surface area (Å²) in [6.07, 6.45) is 0.658. The number of nitrogens with one attached hydrogen (secondary N) is 1. The summed E-state index contributed by atoms with van der Waals surface area (Å²) in [5.41, 5.74) is 0.201. The fraction of sp³-hybridized carbons (Fsp3) is 0.545. The van der Waals surface area contributed by atoms with Crippen molar-refractivity contribution in [1.82, 2.24) is 5.32 Å². The summed E-state index contributed by atoms with van der Waals surface area (Å²) < 4.78 is 5.30. The Labute approximate surface area is 94.1 Å². The average Bonchev–Trinajstić information content (AvgIpc) is 2.57. The van der Waals surface area contributed by atoms with Gasteiger partial charge in [-0.15, -0.1) is 0 Å². The molecule has 1 aromatic heterocycles. The maximum absolute atomic E-state index is 10.8. The van der Waals surface area contributed by atoms with Crippen molar-refractivity contribution in [2.24, 2.45) is 0 Å². The van der Waals surface area contributed by atoms with Crippen LogP contribution in [0.4, 0.5) is 0 Å². The van der Waals surface area contributed by atoms with Gasteiger partial charge in [-0.25, -0.2) is 4.79 Å². The fourth-order valence-electron chi connectivity index (χ4n) is 1.41. The molecular formula is C11H17NO4. The predicted molar refractivity (Wildman–Crippen MR) is 58.4 cm³/mol. The maximum Gasteiger partial charge on any atom is 0.339 e. The van der Waals surface area contributed by atoms with Gasteiger partial charge in [0.15, 0.2) is 0 Å². The monoisotopic (exact) mass is 227 g/mol. The Balaban J connectivity index is 2.55. The molecule has 16 heavy (non-hydrogen) atoms. The smallest absolute Gasteiger partial charge is 0.339 e. The lowest BCUT2D eigenvalue weighted by Crippen LogP contribution is -2.26. The van der Waals surface area contributed by atoms with Gasteiger partial charge in [0.2, 0.25) is 0 Å². The minimum atomic E-state index is -0.976. The number of hydrogen-bond acceptors (Lipinski definition) is 4. The molecule has 0 aliphatic carbocycles. The van der Waals surface area contributed by atoms with Crippen molar-refractivity contribution in [2.45, 2.75) is 32.9 Å².